The van der Waals surface area contributed by atoms with Crippen LogP contribution in [-0.2, 0) is 5.60 Å². The molecular weight excluding hydrogens is 160 g/mol. The lowest BCUT2D eigenvalue weighted by atomic mass is 9.85. The molecule has 13 heavy (non-hydrogen) atoms. The Bertz CT molecular complexity index is 280. The van der Waals surface area contributed by atoms with Gasteiger partial charge >= 0.3 is 0 Å². The second-order valence-corrected chi connectivity index (χ2v) is 4.08. The summed E-state index contributed by atoms with van der Waals surface area (Å²) in [5, 5.41) is 10.4. The van der Waals surface area contributed by atoms with Gasteiger partial charge in [0, 0.05) is 0 Å². The fourth-order valence-electron chi connectivity index (χ4n) is 2.32. The van der Waals surface area contributed by atoms with Crippen LogP contribution in [0, 0.1) is 5.92 Å². The minimum absolute atomic E-state index is 0.398. The second-order valence-electron chi connectivity index (χ2n) is 4.08. The first-order valence-corrected chi connectivity index (χ1v) is 5.01. The Morgan fingerprint density at radius 3 is 2.54 bits per heavy atom. The molecule has 0 bridgehead atoms. The fourth-order valence-corrected chi connectivity index (χ4v) is 2.32. The third kappa shape index (κ3) is 1.37. The molecule has 0 aliphatic heterocycles. The van der Waals surface area contributed by atoms with E-state index >= 15 is 0 Å². The maximum absolute atomic E-state index is 10.4. The molecule has 0 amide bonds. The van der Waals surface area contributed by atoms with Crippen LogP contribution in [0.4, 0.5) is 0 Å². The van der Waals surface area contributed by atoms with Gasteiger partial charge in [-0.05, 0) is 30.7 Å². The molecule has 1 heteroatoms. The number of hydrogen-bond donors (Lipinski definition) is 1. The Labute approximate surface area is 79.4 Å². The van der Waals surface area contributed by atoms with E-state index in [1.54, 1.807) is 0 Å². The molecule has 1 aromatic carbocycles. The van der Waals surface area contributed by atoms with E-state index in [-0.39, 0.29) is 0 Å². The van der Waals surface area contributed by atoms with Crippen LogP contribution in [0.5, 0.6) is 0 Å². The van der Waals surface area contributed by atoms with Crippen LogP contribution in [-0.4, -0.2) is 5.11 Å². The highest BCUT2D eigenvalue weighted by molar-refractivity contribution is 5.24. The predicted molar refractivity (Wildman–Crippen MR) is 53.4 cm³/mol. The molecule has 0 spiro atoms. The summed E-state index contributed by atoms with van der Waals surface area (Å²) < 4.78 is 0. The van der Waals surface area contributed by atoms with Crippen molar-refractivity contribution in [2.75, 3.05) is 0 Å². The molecule has 0 saturated heterocycles. The lowest BCUT2D eigenvalue weighted by molar-refractivity contribution is 0.00449. The topological polar surface area (TPSA) is 20.2 Å². The zero-order valence-electron chi connectivity index (χ0n) is 8.03. The van der Waals surface area contributed by atoms with Crippen molar-refractivity contribution in [3.05, 3.63) is 35.9 Å². The first-order chi connectivity index (χ1) is 6.23. The van der Waals surface area contributed by atoms with Gasteiger partial charge in [-0.2, -0.15) is 0 Å². The minimum Gasteiger partial charge on any atom is -0.385 e. The summed E-state index contributed by atoms with van der Waals surface area (Å²) in [6.45, 7) is 2.14. The number of benzene rings is 1. The average Bonchev–Trinajstić information content (AvgIpc) is 2.50. The van der Waals surface area contributed by atoms with Crippen molar-refractivity contribution < 1.29 is 5.11 Å². The molecule has 0 heterocycles. The van der Waals surface area contributed by atoms with Crippen molar-refractivity contribution in [3.63, 3.8) is 0 Å². The average molecular weight is 176 g/mol. The van der Waals surface area contributed by atoms with Crippen molar-refractivity contribution in [2.24, 2.45) is 5.92 Å². The lowest BCUT2D eigenvalue weighted by Gasteiger charge is -2.28. The summed E-state index contributed by atoms with van der Waals surface area (Å²) >= 11 is 0. The van der Waals surface area contributed by atoms with Crippen LogP contribution in [0.1, 0.15) is 31.7 Å². The third-order valence-corrected chi connectivity index (χ3v) is 3.28. The first kappa shape index (κ1) is 8.76. The Hall–Kier alpha value is -0.820. The van der Waals surface area contributed by atoms with Gasteiger partial charge in [0.1, 0.15) is 0 Å². The van der Waals surface area contributed by atoms with E-state index in [2.05, 4.69) is 6.92 Å². The zero-order chi connectivity index (χ0) is 9.31. The number of aliphatic hydroxyl groups is 1. The Kier molecular flexibility index (Phi) is 2.12. The molecule has 0 unspecified atom stereocenters. The Morgan fingerprint density at radius 1 is 1.31 bits per heavy atom. The maximum Gasteiger partial charge on any atom is 0.0921 e. The highest BCUT2D eigenvalue weighted by Gasteiger charge is 2.39. The first-order valence-electron chi connectivity index (χ1n) is 5.01. The summed E-state index contributed by atoms with van der Waals surface area (Å²) in [7, 11) is 0. The van der Waals surface area contributed by atoms with Gasteiger partial charge in [-0.15, -0.1) is 0 Å². The minimum atomic E-state index is -0.554. The molecule has 0 aromatic heterocycles. The van der Waals surface area contributed by atoms with E-state index < -0.39 is 5.60 Å². The molecule has 70 valence electrons. The van der Waals surface area contributed by atoms with Gasteiger partial charge < -0.3 is 5.11 Å². The van der Waals surface area contributed by atoms with Crippen molar-refractivity contribution in [1.82, 2.24) is 0 Å². The smallest absolute Gasteiger partial charge is 0.0921 e. The summed E-state index contributed by atoms with van der Waals surface area (Å²) in [6, 6.07) is 10.0. The van der Waals surface area contributed by atoms with Crippen LogP contribution in [0.15, 0.2) is 30.3 Å². The van der Waals surface area contributed by atoms with Crippen molar-refractivity contribution >= 4 is 0 Å². The molecule has 1 nitrogen and oxygen atoms in total. The molecule has 1 saturated carbocycles. The van der Waals surface area contributed by atoms with Crippen LogP contribution in [0.2, 0.25) is 0 Å². The molecule has 1 fully saturated rings. The third-order valence-electron chi connectivity index (χ3n) is 3.28. The van der Waals surface area contributed by atoms with Crippen LogP contribution in [0.25, 0.3) is 0 Å². The molecule has 2 atom stereocenters. The van der Waals surface area contributed by atoms with E-state index in [1.807, 2.05) is 30.3 Å². The van der Waals surface area contributed by atoms with Gasteiger partial charge in [-0.3, -0.25) is 0 Å². The largest absolute Gasteiger partial charge is 0.385 e. The highest BCUT2D eigenvalue weighted by Crippen LogP contribution is 2.42. The predicted octanol–water partition coefficient (Wildman–Crippen LogP) is 2.69. The SMILES string of the molecule is C[C@@H]1CCC[C@]1(O)c1ccccc1. The van der Waals surface area contributed by atoms with Crippen molar-refractivity contribution in [3.8, 4) is 0 Å². The number of rotatable bonds is 1. The van der Waals surface area contributed by atoms with Gasteiger partial charge in [0.05, 0.1) is 5.60 Å². The summed E-state index contributed by atoms with van der Waals surface area (Å²) in [5.41, 5.74) is 0.529. The molecule has 1 aliphatic rings. The van der Waals surface area contributed by atoms with E-state index in [0.29, 0.717) is 5.92 Å². The number of hydrogen-bond acceptors (Lipinski definition) is 1. The van der Waals surface area contributed by atoms with Crippen LogP contribution >= 0.6 is 0 Å². The zero-order valence-corrected chi connectivity index (χ0v) is 8.03. The fraction of sp³-hybridized carbons (Fsp3) is 0.500. The molecule has 1 aromatic rings. The van der Waals surface area contributed by atoms with E-state index in [1.165, 1.54) is 0 Å². The van der Waals surface area contributed by atoms with Crippen LogP contribution in [0.3, 0.4) is 0 Å². The van der Waals surface area contributed by atoms with Gasteiger partial charge in [-0.1, -0.05) is 37.3 Å². The standard InChI is InChI=1S/C12H16O/c1-10-6-5-9-12(10,13)11-7-3-2-4-8-11/h2-4,7-8,10,13H,5-6,9H2,1H3/t10-,12-/m1/s1. The van der Waals surface area contributed by atoms with E-state index in [9.17, 15) is 5.11 Å². The van der Waals surface area contributed by atoms with Crippen molar-refractivity contribution in [1.29, 1.82) is 0 Å². The Balaban J connectivity index is 2.34. The normalized spacial score (nSPS) is 33.5. The molecule has 2 rings (SSSR count). The molecular formula is C12H16O. The van der Waals surface area contributed by atoms with Crippen molar-refractivity contribution in [2.45, 2.75) is 31.8 Å². The van der Waals surface area contributed by atoms with Crippen LogP contribution < -0.4 is 0 Å². The summed E-state index contributed by atoms with van der Waals surface area (Å²) in [5.74, 6) is 0.398. The van der Waals surface area contributed by atoms with E-state index in [0.717, 1.165) is 24.8 Å². The Morgan fingerprint density at radius 2 is 2.00 bits per heavy atom. The maximum atomic E-state index is 10.4. The monoisotopic (exact) mass is 176 g/mol. The lowest BCUT2D eigenvalue weighted by Crippen LogP contribution is -2.28. The van der Waals surface area contributed by atoms with E-state index in [4.69, 9.17) is 0 Å². The van der Waals surface area contributed by atoms with Gasteiger partial charge in [0.15, 0.2) is 0 Å². The van der Waals surface area contributed by atoms with Gasteiger partial charge in [0.25, 0.3) is 0 Å². The molecule has 0 radical (unpaired) electrons. The van der Waals surface area contributed by atoms with Gasteiger partial charge in [0.2, 0.25) is 0 Å². The second kappa shape index (κ2) is 3.15. The molecule has 1 N–H and O–H groups in total. The molecule has 1 aliphatic carbocycles. The van der Waals surface area contributed by atoms with Gasteiger partial charge in [-0.25, -0.2) is 0 Å². The highest BCUT2D eigenvalue weighted by atomic mass is 16.3. The summed E-state index contributed by atoms with van der Waals surface area (Å²) in [6.07, 6.45) is 3.20. The quantitative estimate of drug-likeness (QED) is 0.697. The summed E-state index contributed by atoms with van der Waals surface area (Å²) in [4.78, 5) is 0.